The number of hydrogen-bond donors (Lipinski definition) is 0. The number of urea groups is 1. The molecule has 0 bridgehead atoms. The number of nitrogens with zero attached hydrogens (tertiary/aromatic N) is 3. The van der Waals surface area contributed by atoms with Crippen molar-refractivity contribution in [1.82, 2.24) is 9.80 Å². The topological polar surface area (TPSA) is 80.7 Å². The summed E-state index contributed by atoms with van der Waals surface area (Å²) in [4.78, 5) is 21.2. The maximum atomic E-state index is 13.4. The first-order valence-corrected chi connectivity index (χ1v) is 13.6. The molecule has 0 saturated carbocycles. The van der Waals surface area contributed by atoms with Crippen LogP contribution in [0.15, 0.2) is 41.7 Å². The minimum Gasteiger partial charge on any atom is -0.484 e. The minimum absolute atomic E-state index is 0.149. The van der Waals surface area contributed by atoms with Gasteiger partial charge in [0, 0.05) is 61.5 Å². The zero-order chi connectivity index (χ0) is 27.0. The number of piperidine rings is 1. The first-order valence-electron chi connectivity index (χ1n) is 12.1. The summed E-state index contributed by atoms with van der Waals surface area (Å²) in [7, 11) is 2.12. The van der Waals surface area contributed by atoms with Crippen molar-refractivity contribution in [3.05, 3.63) is 47.9 Å². The van der Waals surface area contributed by atoms with Crippen molar-refractivity contribution in [1.29, 1.82) is 0 Å². The second-order valence-electron chi connectivity index (χ2n) is 9.07. The van der Waals surface area contributed by atoms with Gasteiger partial charge in [0.15, 0.2) is 5.90 Å². The van der Waals surface area contributed by atoms with Crippen LogP contribution in [0.1, 0.15) is 23.5 Å². The first-order chi connectivity index (χ1) is 17.6. The monoisotopic (exact) mass is 545 g/mol. The second kappa shape index (κ2) is 13.3. The molecule has 0 N–H and O–H groups in total. The molecular weight excluding hydrogens is 511 g/mol. The molecule has 0 aromatic heterocycles. The Balaban J connectivity index is 1.82. The van der Waals surface area contributed by atoms with E-state index in [4.69, 9.17) is 14.2 Å². The molecule has 2 aliphatic heterocycles. The highest BCUT2D eigenvalue weighted by atomic mass is 32.2. The lowest BCUT2D eigenvalue weighted by molar-refractivity contribution is -0.127. The molecule has 12 heteroatoms. The number of methoxy groups -OCH3 is 2. The van der Waals surface area contributed by atoms with E-state index in [9.17, 15) is 22.2 Å². The Morgan fingerprint density at radius 3 is 2.38 bits per heavy atom. The van der Waals surface area contributed by atoms with E-state index >= 15 is 0 Å². The van der Waals surface area contributed by atoms with E-state index in [1.807, 2.05) is 0 Å². The summed E-state index contributed by atoms with van der Waals surface area (Å²) >= 11 is 0. The van der Waals surface area contributed by atoms with E-state index < -0.39 is 23.4 Å². The lowest BCUT2D eigenvalue weighted by Gasteiger charge is -2.41. The Labute approximate surface area is 217 Å². The number of ether oxygens (including phenoxy) is 3. The van der Waals surface area contributed by atoms with Crippen LogP contribution in [-0.2, 0) is 31.4 Å². The summed E-state index contributed by atoms with van der Waals surface area (Å²) in [5.74, 6) is 0.962. The Kier molecular flexibility index (Phi) is 10.4. The van der Waals surface area contributed by atoms with Crippen LogP contribution in [0.4, 0.5) is 18.0 Å². The highest BCUT2D eigenvalue weighted by Crippen LogP contribution is 2.33. The molecule has 0 spiro atoms. The Morgan fingerprint density at radius 1 is 1.11 bits per heavy atom. The molecule has 0 radical (unpaired) electrons. The van der Waals surface area contributed by atoms with Crippen molar-refractivity contribution in [3.8, 4) is 0 Å². The number of carbonyl (C=O) groups excluding carboxylic acids is 1. The zero-order valence-electron chi connectivity index (χ0n) is 21.2. The van der Waals surface area contributed by atoms with Gasteiger partial charge in [-0.15, -0.1) is 0 Å². The van der Waals surface area contributed by atoms with Gasteiger partial charge in [-0.05, 0) is 24.1 Å². The highest BCUT2D eigenvalue weighted by Gasteiger charge is 2.37. The molecule has 2 saturated heterocycles. The zero-order valence-corrected chi connectivity index (χ0v) is 22.0. The standard InChI is InChI=1S/C25H34F3N3O5S/c1-18(36-11-10-34-2)29-23(35-3)22-14-21(20-6-4-19(5-7-20)15-25(26,27)28)16-31(17-22)24(32)30-8-12-37(33)13-9-30/h4-7,21-22H,1,8-17H2,2-3H3/b29-23-. The molecule has 37 heavy (non-hydrogen) atoms. The lowest BCUT2D eigenvalue weighted by Crippen LogP contribution is -2.53. The van der Waals surface area contributed by atoms with Gasteiger partial charge in [-0.2, -0.15) is 18.2 Å². The smallest absolute Gasteiger partial charge is 0.393 e. The molecule has 2 amide bonds. The Morgan fingerprint density at radius 2 is 1.78 bits per heavy atom. The van der Waals surface area contributed by atoms with Crippen LogP contribution in [-0.4, -0.2) is 97.2 Å². The van der Waals surface area contributed by atoms with Crippen molar-refractivity contribution in [2.24, 2.45) is 10.9 Å². The molecule has 8 nitrogen and oxygen atoms in total. The molecule has 3 rings (SSSR count). The molecule has 1 aromatic rings. The SMILES string of the molecule is C=C(/N=C(\OC)C1CC(c2ccc(CC(F)(F)F)cc2)CN(C(=O)N2CCS(=O)CC2)C1)OCCOC. The van der Waals surface area contributed by atoms with Crippen LogP contribution in [0, 0.1) is 5.92 Å². The van der Waals surface area contributed by atoms with Crippen molar-refractivity contribution in [3.63, 3.8) is 0 Å². The van der Waals surface area contributed by atoms with E-state index in [-0.39, 0.29) is 35.9 Å². The van der Waals surface area contributed by atoms with Crippen molar-refractivity contribution in [2.45, 2.75) is 24.9 Å². The van der Waals surface area contributed by atoms with Crippen molar-refractivity contribution >= 4 is 22.7 Å². The molecule has 2 heterocycles. The van der Waals surface area contributed by atoms with Gasteiger partial charge in [-0.25, -0.2) is 4.79 Å². The number of alkyl halides is 3. The fourth-order valence-corrected chi connectivity index (χ4v) is 5.60. The van der Waals surface area contributed by atoms with Crippen LogP contribution >= 0.6 is 0 Å². The van der Waals surface area contributed by atoms with Crippen molar-refractivity contribution in [2.75, 3.05) is 65.1 Å². The van der Waals surface area contributed by atoms with Gasteiger partial charge in [0.2, 0.25) is 5.88 Å². The first kappa shape index (κ1) is 29.0. The fourth-order valence-electron chi connectivity index (χ4n) is 4.55. The normalized spacial score (nSPS) is 21.6. The summed E-state index contributed by atoms with van der Waals surface area (Å²) in [6.45, 7) is 6.02. The number of likely N-dealkylation sites (tertiary alicyclic amines) is 1. The van der Waals surface area contributed by atoms with Crippen LogP contribution in [0.2, 0.25) is 0 Å². The second-order valence-corrected chi connectivity index (χ2v) is 10.8. The van der Waals surface area contributed by atoms with Crippen LogP contribution in [0.5, 0.6) is 0 Å². The molecule has 2 unspecified atom stereocenters. The summed E-state index contributed by atoms with van der Waals surface area (Å²) in [5, 5.41) is 0. The number of benzene rings is 1. The molecule has 1 aromatic carbocycles. The number of aliphatic imine (C=N–C) groups is 1. The number of amides is 2. The Hall–Kier alpha value is -2.60. The van der Waals surface area contributed by atoms with Gasteiger partial charge in [0.25, 0.3) is 0 Å². The van der Waals surface area contributed by atoms with E-state index in [2.05, 4.69) is 11.6 Å². The number of carbonyl (C=O) groups is 1. The largest absolute Gasteiger partial charge is 0.484 e. The average Bonchev–Trinajstić information content (AvgIpc) is 2.86. The number of hydrogen-bond acceptors (Lipinski definition) is 6. The fraction of sp³-hybridized carbons (Fsp3) is 0.600. The average molecular weight is 546 g/mol. The summed E-state index contributed by atoms with van der Waals surface area (Å²) < 4.78 is 66.2. The highest BCUT2D eigenvalue weighted by molar-refractivity contribution is 7.85. The van der Waals surface area contributed by atoms with Gasteiger partial charge in [-0.3, -0.25) is 4.21 Å². The van der Waals surface area contributed by atoms with Gasteiger partial charge in [0.05, 0.1) is 26.1 Å². The van der Waals surface area contributed by atoms with Gasteiger partial charge in [-0.1, -0.05) is 24.3 Å². The summed E-state index contributed by atoms with van der Waals surface area (Å²) in [5.41, 5.74) is 1.01. The van der Waals surface area contributed by atoms with Crippen LogP contribution in [0.25, 0.3) is 0 Å². The number of halogens is 3. The third kappa shape index (κ3) is 8.74. The quantitative estimate of drug-likeness (QED) is 0.216. The van der Waals surface area contributed by atoms with Crippen LogP contribution < -0.4 is 0 Å². The molecule has 206 valence electrons. The van der Waals surface area contributed by atoms with E-state index in [1.165, 1.54) is 19.2 Å². The predicted octanol–water partition coefficient (Wildman–Crippen LogP) is 3.56. The summed E-state index contributed by atoms with van der Waals surface area (Å²) in [6.07, 6.45) is -4.70. The van der Waals surface area contributed by atoms with Crippen LogP contribution in [0.3, 0.4) is 0 Å². The van der Waals surface area contributed by atoms with E-state index in [0.29, 0.717) is 56.6 Å². The third-order valence-electron chi connectivity index (χ3n) is 6.37. The minimum atomic E-state index is -4.28. The van der Waals surface area contributed by atoms with Crippen molar-refractivity contribution < 1.29 is 36.4 Å². The molecular formula is C25H34F3N3O5S. The number of rotatable bonds is 8. The van der Waals surface area contributed by atoms with E-state index in [0.717, 1.165) is 5.56 Å². The van der Waals surface area contributed by atoms with Gasteiger partial charge < -0.3 is 24.0 Å². The lowest BCUT2D eigenvalue weighted by atomic mass is 9.84. The molecule has 2 fully saturated rings. The maximum Gasteiger partial charge on any atom is 0.393 e. The third-order valence-corrected chi connectivity index (χ3v) is 7.65. The maximum absolute atomic E-state index is 13.4. The van der Waals surface area contributed by atoms with Gasteiger partial charge >= 0.3 is 12.2 Å². The van der Waals surface area contributed by atoms with Gasteiger partial charge in [0.1, 0.15) is 6.61 Å². The molecule has 2 aliphatic rings. The predicted molar refractivity (Wildman–Crippen MR) is 135 cm³/mol. The molecule has 0 aliphatic carbocycles. The summed E-state index contributed by atoms with van der Waals surface area (Å²) in [6, 6.07) is 6.19. The van der Waals surface area contributed by atoms with E-state index in [1.54, 1.807) is 29.0 Å². The molecule has 2 atom stereocenters. The Bertz CT molecular complexity index is 977.